The number of hydrogen-bond donors (Lipinski definition) is 3. The van der Waals surface area contributed by atoms with Crippen molar-refractivity contribution in [1.82, 2.24) is 10.6 Å². The summed E-state index contributed by atoms with van der Waals surface area (Å²) in [5, 5.41) is 15.2. The molecule has 0 aromatic heterocycles. The summed E-state index contributed by atoms with van der Waals surface area (Å²) < 4.78 is 0. The molecule has 1 heterocycles. The van der Waals surface area contributed by atoms with Gasteiger partial charge in [0.15, 0.2) is 0 Å². The topological polar surface area (TPSA) is 61.4 Å². The van der Waals surface area contributed by atoms with Gasteiger partial charge in [0.1, 0.15) is 0 Å². The molecule has 1 aliphatic heterocycles. The fraction of sp³-hybridized carbons (Fsp3) is 0.909. The Morgan fingerprint density at radius 2 is 2.19 bits per heavy atom. The Morgan fingerprint density at radius 1 is 1.56 bits per heavy atom. The number of amides is 1. The van der Waals surface area contributed by atoms with Crippen molar-refractivity contribution in [2.75, 3.05) is 13.1 Å². The van der Waals surface area contributed by atoms with E-state index in [-0.39, 0.29) is 30.5 Å². The van der Waals surface area contributed by atoms with Crippen molar-refractivity contribution in [2.24, 2.45) is 11.3 Å². The Kier molecular flexibility index (Phi) is 4.21. The lowest BCUT2D eigenvalue weighted by Gasteiger charge is -2.11. The fourth-order valence-electron chi connectivity index (χ4n) is 2.19. The van der Waals surface area contributed by atoms with Gasteiger partial charge in [-0.3, -0.25) is 4.79 Å². The highest BCUT2D eigenvalue weighted by Gasteiger charge is 2.45. The van der Waals surface area contributed by atoms with E-state index in [9.17, 15) is 9.90 Å². The Labute approximate surface area is 103 Å². The fourth-order valence-corrected chi connectivity index (χ4v) is 2.19. The van der Waals surface area contributed by atoms with Crippen molar-refractivity contribution in [1.29, 1.82) is 0 Å². The molecule has 0 radical (unpaired) electrons. The van der Waals surface area contributed by atoms with E-state index < -0.39 is 0 Å². The zero-order valence-electron chi connectivity index (χ0n) is 9.82. The zero-order valence-corrected chi connectivity index (χ0v) is 10.6. The lowest BCUT2D eigenvalue weighted by Crippen LogP contribution is -2.41. The van der Waals surface area contributed by atoms with Crippen LogP contribution in [-0.4, -0.2) is 36.2 Å². The monoisotopic (exact) mass is 248 g/mol. The first kappa shape index (κ1) is 13.7. The van der Waals surface area contributed by atoms with E-state index in [4.69, 9.17) is 0 Å². The Hall–Kier alpha value is -0.320. The second kappa shape index (κ2) is 4.90. The van der Waals surface area contributed by atoms with Crippen LogP contribution >= 0.6 is 12.4 Å². The summed E-state index contributed by atoms with van der Waals surface area (Å²) >= 11 is 0. The van der Waals surface area contributed by atoms with Gasteiger partial charge in [0.25, 0.3) is 0 Å². The number of aliphatic hydroxyl groups is 1. The standard InChI is InChI=1S/C11H20N2O2.ClH/c1-11(2)4-7(11)5-13-10(15)9-3-8(14)6-12-9;/h7-9,12,14H,3-6H2,1-2H3,(H,13,15);1H. The Morgan fingerprint density at radius 3 is 2.62 bits per heavy atom. The number of carbonyl (C=O) groups excluding carboxylic acids is 1. The largest absolute Gasteiger partial charge is 0.392 e. The molecule has 16 heavy (non-hydrogen) atoms. The Bertz CT molecular complexity index is 271. The van der Waals surface area contributed by atoms with Crippen molar-refractivity contribution >= 4 is 18.3 Å². The maximum Gasteiger partial charge on any atom is 0.237 e. The number of nitrogens with one attached hydrogen (secondary N) is 2. The van der Waals surface area contributed by atoms with E-state index in [2.05, 4.69) is 24.5 Å². The molecule has 3 unspecified atom stereocenters. The lowest BCUT2D eigenvalue weighted by molar-refractivity contribution is -0.123. The van der Waals surface area contributed by atoms with E-state index in [1.54, 1.807) is 0 Å². The van der Waals surface area contributed by atoms with Crippen LogP contribution < -0.4 is 10.6 Å². The van der Waals surface area contributed by atoms with Gasteiger partial charge < -0.3 is 15.7 Å². The molecule has 0 spiro atoms. The number of carbonyl (C=O) groups is 1. The predicted octanol–water partition coefficient (Wildman–Crippen LogP) is 0.293. The minimum absolute atomic E-state index is 0. The number of β-amino-alcohol motifs (C(OH)–C–C–N with tert-alkyl or cyclic N) is 1. The minimum Gasteiger partial charge on any atom is -0.392 e. The minimum atomic E-state index is -0.363. The molecule has 0 bridgehead atoms. The summed E-state index contributed by atoms with van der Waals surface area (Å²) in [6, 6.07) is -0.193. The van der Waals surface area contributed by atoms with Crippen LogP contribution in [0.5, 0.6) is 0 Å². The molecular formula is C11H21ClN2O2. The summed E-state index contributed by atoms with van der Waals surface area (Å²) in [7, 11) is 0. The van der Waals surface area contributed by atoms with Gasteiger partial charge in [0, 0.05) is 13.1 Å². The van der Waals surface area contributed by atoms with E-state index in [0.717, 1.165) is 6.54 Å². The van der Waals surface area contributed by atoms with Gasteiger partial charge in [0.2, 0.25) is 5.91 Å². The number of rotatable bonds is 3. The molecule has 1 aliphatic carbocycles. The number of hydrogen-bond acceptors (Lipinski definition) is 3. The molecule has 0 aromatic carbocycles. The molecule has 4 nitrogen and oxygen atoms in total. The first-order chi connectivity index (χ1) is 6.99. The highest BCUT2D eigenvalue weighted by Crippen LogP contribution is 2.50. The van der Waals surface area contributed by atoms with Crippen LogP contribution in [0.15, 0.2) is 0 Å². The highest BCUT2D eigenvalue weighted by molar-refractivity contribution is 5.85. The molecule has 2 rings (SSSR count). The first-order valence-corrected chi connectivity index (χ1v) is 5.68. The van der Waals surface area contributed by atoms with Crippen LogP contribution in [0, 0.1) is 11.3 Å². The van der Waals surface area contributed by atoms with Crippen LogP contribution in [0.2, 0.25) is 0 Å². The third kappa shape index (κ3) is 3.09. The molecule has 2 aliphatic rings. The molecule has 3 N–H and O–H groups in total. The van der Waals surface area contributed by atoms with Crippen molar-refractivity contribution < 1.29 is 9.90 Å². The second-order valence-corrected chi connectivity index (χ2v) is 5.49. The average molecular weight is 249 g/mol. The first-order valence-electron chi connectivity index (χ1n) is 5.68. The van der Waals surface area contributed by atoms with Gasteiger partial charge in [-0.25, -0.2) is 0 Å². The molecule has 0 aromatic rings. The van der Waals surface area contributed by atoms with Gasteiger partial charge in [0.05, 0.1) is 12.1 Å². The van der Waals surface area contributed by atoms with Crippen molar-refractivity contribution in [3.63, 3.8) is 0 Å². The SMILES string of the molecule is CC1(C)CC1CNC(=O)C1CC(O)CN1.Cl. The van der Waals surface area contributed by atoms with E-state index in [1.165, 1.54) is 6.42 Å². The third-order valence-corrected chi connectivity index (χ3v) is 3.66. The van der Waals surface area contributed by atoms with Gasteiger partial charge >= 0.3 is 0 Å². The van der Waals surface area contributed by atoms with Crippen LogP contribution in [0.3, 0.4) is 0 Å². The quantitative estimate of drug-likeness (QED) is 0.673. The molecule has 1 saturated heterocycles. The van der Waals surface area contributed by atoms with Crippen LogP contribution in [0.4, 0.5) is 0 Å². The van der Waals surface area contributed by atoms with Crippen LogP contribution in [-0.2, 0) is 4.79 Å². The maximum atomic E-state index is 11.6. The number of halogens is 1. The van der Waals surface area contributed by atoms with Gasteiger partial charge in [-0.15, -0.1) is 12.4 Å². The molecule has 5 heteroatoms. The van der Waals surface area contributed by atoms with Crippen molar-refractivity contribution in [3.8, 4) is 0 Å². The summed E-state index contributed by atoms with van der Waals surface area (Å²) in [6.07, 6.45) is 1.38. The maximum absolute atomic E-state index is 11.6. The van der Waals surface area contributed by atoms with Gasteiger partial charge in [-0.2, -0.15) is 0 Å². The van der Waals surface area contributed by atoms with Crippen molar-refractivity contribution in [3.05, 3.63) is 0 Å². The lowest BCUT2D eigenvalue weighted by atomic mass is 10.1. The highest BCUT2D eigenvalue weighted by atomic mass is 35.5. The smallest absolute Gasteiger partial charge is 0.237 e. The van der Waals surface area contributed by atoms with E-state index in [1.807, 2.05) is 0 Å². The molecule has 3 atom stereocenters. The van der Waals surface area contributed by atoms with Crippen LogP contribution in [0.25, 0.3) is 0 Å². The molecular weight excluding hydrogens is 228 g/mol. The molecule has 2 fully saturated rings. The van der Waals surface area contributed by atoms with Gasteiger partial charge in [-0.05, 0) is 24.2 Å². The molecule has 1 amide bonds. The van der Waals surface area contributed by atoms with Crippen molar-refractivity contribution in [2.45, 2.75) is 38.8 Å². The van der Waals surface area contributed by atoms with E-state index >= 15 is 0 Å². The Balaban J connectivity index is 0.00000128. The third-order valence-electron chi connectivity index (χ3n) is 3.66. The summed E-state index contributed by atoms with van der Waals surface area (Å²) in [6.45, 7) is 5.76. The summed E-state index contributed by atoms with van der Waals surface area (Å²) in [5.41, 5.74) is 0.413. The summed E-state index contributed by atoms with van der Waals surface area (Å²) in [4.78, 5) is 11.6. The number of aliphatic hydroxyl groups excluding tert-OH is 1. The average Bonchev–Trinajstić information content (AvgIpc) is 2.59. The van der Waals surface area contributed by atoms with E-state index in [0.29, 0.717) is 24.3 Å². The summed E-state index contributed by atoms with van der Waals surface area (Å²) in [5.74, 6) is 0.669. The van der Waals surface area contributed by atoms with Crippen LogP contribution in [0.1, 0.15) is 26.7 Å². The molecule has 1 saturated carbocycles. The normalized spacial score (nSPS) is 35.3. The van der Waals surface area contributed by atoms with Gasteiger partial charge in [-0.1, -0.05) is 13.8 Å². The zero-order chi connectivity index (χ0) is 11.1. The second-order valence-electron chi connectivity index (χ2n) is 5.49. The molecule has 94 valence electrons. The predicted molar refractivity (Wildman–Crippen MR) is 64.6 cm³/mol.